The Morgan fingerprint density at radius 3 is 2.71 bits per heavy atom. The van der Waals surface area contributed by atoms with Crippen LogP contribution in [0.2, 0.25) is 0 Å². The molecule has 24 heavy (non-hydrogen) atoms. The standard InChI is InChI=1S/C15H10N6O3/c22-14-13(9-7-8(21(23)24)5-6-10(9)16-14)19-20-15-17-11-3-1-2-4-12(11)18-15/h1-7,16,22H,(H,17,18). The van der Waals surface area contributed by atoms with E-state index in [4.69, 9.17) is 0 Å². The van der Waals surface area contributed by atoms with E-state index in [1.54, 1.807) is 0 Å². The lowest BCUT2D eigenvalue weighted by molar-refractivity contribution is -0.384. The summed E-state index contributed by atoms with van der Waals surface area (Å²) in [5, 5.41) is 29.2. The number of fused-ring (bicyclic) bond motifs is 2. The Morgan fingerprint density at radius 2 is 1.92 bits per heavy atom. The van der Waals surface area contributed by atoms with Gasteiger partial charge in [0.05, 0.1) is 21.5 Å². The summed E-state index contributed by atoms with van der Waals surface area (Å²) in [7, 11) is 0. The highest BCUT2D eigenvalue weighted by molar-refractivity contribution is 5.95. The monoisotopic (exact) mass is 322 g/mol. The number of para-hydroxylation sites is 2. The lowest BCUT2D eigenvalue weighted by Crippen LogP contribution is -1.86. The third-order valence-corrected chi connectivity index (χ3v) is 3.57. The largest absolute Gasteiger partial charge is 0.493 e. The normalized spacial score (nSPS) is 11.7. The van der Waals surface area contributed by atoms with Crippen LogP contribution in [-0.4, -0.2) is 25.0 Å². The van der Waals surface area contributed by atoms with Crippen molar-refractivity contribution < 1.29 is 10.0 Å². The number of azo groups is 1. The molecule has 0 spiro atoms. The van der Waals surface area contributed by atoms with Crippen molar-refractivity contribution in [1.29, 1.82) is 0 Å². The van der Waals surface area contributed by atoms with Crippen LogP contribution in [0.5, 0.6) is 5.88 Å². The van der Waals surface area contributed by atoms with Crippen molar-refractivity contribution in [3.05, 3.63) is 52.6 Å². The van der Waals surface area contributed by atoms with Gasteiger partial charge in [0.25, 0.3) is 5.69 Å². The zero-order chi connectivity index (χ0) is 16.7. The lowest BCUT2D eigenvalue weighted by atomic mass is 10.2. The van der Waals surface area contributed by atoms with Gasteiger partial charge in [0.15, 0.2) is 5.69 Å². The van der Waals surface area contributed by atoms with Crippen LogP contribution in [0.1, 0.15) is 0 Å². The van der Waals surface area contributed by atoms with Gasteiger partial charge in [-0.1, -0.05) is 12.1 Å². The highest BCUT2D eigenvalue weighted by Crippen LogP contribution is 2.37. The van der Waals surface area contributed by atoms with Gasteiger partial charge in [-0.2, -0.15) is 0 Å². The van der Waals surface area contributed by atoms with Crippen LogP contribution < -0.4 is 0 Å². The lowest BCUT2D eigenvalue weighted by Gasteiger charge is -1.92. The van der Waals surface area contributed by atoms with Crippen LogP contribution in [0.15, 0.2) is 52.7 Å². The fourth-order valence-corrected chi connectivity index (χ4v) is 2.45. The van der Waals surface area contributed by atoms with Gasteiger partial charge in [-0.15, -0.1) is 10.2 Å². The second-order valence-corrected chi connectivity index (χ2v) is 5.09. The summed E-state index contributed by atoms with van der Waals surface area (Å²) in [5.74, 6) is 0.0562. The van der Waals surface area contributed by atoms with Gasteiger partial charge in [-0.25, -0.2) is 4.98 Å². The highest BCUT2D eigenvalue weighted by atomic mass is 16.6. The fraction of sp³-hybridized carbons (Fsp3) is 0. The van der Waals surface area contributed by atoms with Gasteiger partial charge in [-0.3, -0.25) is 10.1 Å². The summed E-state index contributed by atoms with van der Waals surface area (Å²) in [6.07, 6.45) is 0. The topological polar surface area (TPSA) is 133 Å². The number of imidazole rings is 1. The SMILES string of the molecule is O=[N+]([O-])c1ccc2[nH]c(O)c(N=Nc3nc4ccccc4[nH]3)c2c1. The van der Waals surface area contributed by atoms with E-state index in [1.807, 2.05) is 24.3 Å². The number of hydrogen-bond acceptors (Lipinski definition) is 6. The maximum absolute atomic E-state index is 10.9. The number of hydrogen-bond donors (Lipinski definition) is 3. The quantitative estimate of drug-likeness (QED) is 0.298. The van der Waals surface area contributed by atoms with E-state index >= 15 is 0 Å². The summed E-state index contributed by atoms with van der Waals surface area (Å²) in [5.41, 5.74) is 2.10. The molecule has 0 unspecified atom stereocenters. The number of aromatic hydroxyl groups is 1. The molecule has 4 aromatic rings. The zero-order valence-electron chi connectivity index (χ0n) is 12.1. The van der Waals surface area contributed by atoms with E-state index in [9.17, 15) is 15.2 Å². The molecule has 0 aliphatic rings. The molecule has 0 aliphatic heterocycles. The first-order valence-corrected chi connectivity index (χ1v) is 6.97. The number of nitrogens with one attached hydrogen (secondary N) is 2. The Balaban J connectivity index is 1.79. The molecule has 0 bridgehead atoms. The van der Waals surface area contributed by atoms with Crippen LogP contribution in [0, 0.1) is 10.1 Å². The van der Waals surface area contributed by atoms with E-state index in [0.29, 0.717) is 10.9 Å². The van der Waals surface area contributed by atoms with Crippen molar-refractivity contribution in [3.63, 3.8) is 0 Å². The van der Waals surface area contributed by atoms with Gasteiger partial charge >= 0.3 is 0 Å². The molecule has 0 fully saturated rings. The minimum absolute atomic E-state index is 0.0957. The number of aromatic amines is 2. The van der Waals surface area contributed by atoms with Crippen molar-refractivity contribution in [2.24, 2.45) is 10.2 Å². The predicted molar refractivity (Wildman–Crippen MR) is 86.9 cm³/mol. The number of aromatic nitrogens is 3. The fourth-order valence-electron chi connectivity index (χ4n) is 2.45. The summed E-state index contributed by atoms with van der Waals surface area (Å²) in [6.45, 7) is 0. The second-order valence-electron chi connectivity index (χ2n) is 5.09. The van der Waals surface area contributed by atoms with E-state index in [-0.39, 0.29) is 23.2 Å². The molecular formula is C15H10N6O3. The molecule has 2 aromatic carbocycles. The first-order chi connectivity index (χ1) is 11.6. The van der Waals surface area contributed by atoms with Crippen molar-refractivity contribution in [2.75, 3.05) is 0 Å². The molecule has 3 N–H and O–H groups in total. The molecule has 4 rings (SSSR count). The third kappa shape index (κ3) is 2.24. The summed E-state index contributed by atoms with van der Waals surface area (Å²) >= 11 is 0. The molecule has 0 amide bonds. The van der Waals surface area contributed by atoms with E-state index in [2.05, 4.69) is 25.2 Å². The molecule has 0 atom stereocenters. The highest BCUT2D eigenvalue weighted by Gasteiger charge is 2.15. The molecule has 9 heteroatoms. The number of nitrogens with zero attached hydrogens (tertiary/aromatic N) is 4. The van der Waals surface area contributed by atoms with Crippen molar-refractivity contribution in [1.82, 2.24) is 15.0 Å². The number of nitro groups is 1. The number of nitro benzene ring substituents is 1. The van der Waals surface area contributed by atoms with E-state index < -0.39 is 4.92 Å². The Labute approximate surface area is 133 Å². The molecule has 0 radical (unpaired) electrons. The van der Waals surface area contributed by atoms with Crippen LogP contribution in [0.25, 0.3) is 21.9 Å². The summed E-state index contributed by atoms with van der Waals surface area (Å²) < 4.78 is 0. The molecule has 0 saturated carbocycles. The van der Waals surface area contributed by atoms with Gasteiger partial charge in [0, 0.05) is 17.5 Å². The number of rotatable bonds is 3. The number of non-ortho nitro benzene ring substituents is 1. The average Bonchev–Trinajstić information content (AvgIpc) is 3.11. The first kappa shape index (κ1) is 13.9. The van der Waals surface area contributed by atoms with Gasteiger partial charge in [0.1, 0.15) is 0 Å². The number of H-pyrrole nitrogens is 2. The molecule has 0 saturated heterocycles. The maximum Gasteiger partial charge on any atom is 0.270 e. The average molecular weight is 322 g/mol. The number of benzene rings is 2. The van der Waals surface area contributed by atoms with Gasteiger partial charge in [0.2, 0.25) is 11.8 Å². The third-order valence-electron chi connectivity index (χ3n) is 3.57. The van der Waals surface area contributed by atoms with Crippen molar-refractivity contribution in [3.8, 4) is 5.88 Å². The Hall–Kier alpha value is -3.75. The minimum atomic E-state index is -0.510. The van der Waals surface area contributed by atoms with Gasteiger partial charge < -0.3 is 15.1 Å². The molecule has 0 aliphatic carbocycles. The summed E-state index contributed by atoms with van der Waals surface area (Å²) in [4.78, 5) is 20.3. The molecular weight excluding hydrogens is 312 g/mol. The van der Waals surface area contributed by atoms with E-state index in [0.717, 1.165) is 11.0 Å². The molecule has 2 aromatic heterocycles. The smallest absolute Gasteiger partial charge is 0.270 e. The Bertz CT molecular complexity index is 1080. The van der Waals surface area contributed by atoms with Gasteiger partial charge in [-0.05, 0) is 18.2 Å². The Kier molecular flexibility index (Phi) is 2.98. The second kappa shape index (κ2) is 5.16. The van der Waals surface area contributed by atoms with Crippen molar-refractivity contribution in [2.45, 2.75) is 0 Å². The Morgan fingerprint density at radius 1 is 1.08 bits per heavy atom. The molecule has 2 heterocycles. The maximum atomic E-state index is 10.9. The summed E-state index contributed by atoms with van der Waals surface area (Å²) in [6, 6.07) is 11.6. The van der Waals surface area contributed by atoms with Crippen LogP contribution in [-0.2, 0) is 0 Å². The zero-order valence-corrected chi connectivity index (χ0v) is 12.1. The van der Waals surface area contributed by atoms with Crippen molar-refractivity contribution >= 4 is 39.3 Å². The molecule has 9 nitrogen and oxygen atoms in total. The van der Waals surface area contributed by atoms with E-state index in [1.165, 1.54) is 18.2 Å². The molecule has 118 valence electrons. The van der Waals surface area contributed by atoms with Crippen LogP contribution in [0.4, 0.5) is 17.3 Å². The van der Waals surface area contributed by atoms with Crippen LogP contribution >= 0.6 is 0 Å². The predicted octanol–water partition coefficient (Wildman–Crippen LogP) is 4.07. The first-order valence-electron chi connectivity index (χ1n) is 6.97. The van der Waals surface area contributed by atoms with Crippen LogP contribution in [0.3, 0.4) is 0 Å². The minimum Gasteiger partial charge on any atom is -0.493 e.